The molecule has 29 heavy (non-hydrogen) atoms. The molecule has 0 amide bonds. The summed E-state index contributed by atoms with van der Waals surface area (Å²) in [5, 5.41) is 0. The van der Waals surface area contributed by atoms with E-state index in [-0.39, 0.29) is 23.3 Å². The minimum absolute atomic E-state index is 0.0493. The molecule has 0 bridgehead atoms. The molecule has 1 saturated heterocycles. The second kappa shape index (κ2) is 10.3. The Labute approximate surface area is 171 Å². The van der Waals surface area contributed by atoms with E-state index in [1.807, 2.05) is 6.92 Å². The van der Waals surface area contributed by atoms with Gasteiger partial charge in [0.2, 0.25) is 0 Å². The normalized spacial score (nSPS) is 19.5. The number of benzene rings is 2. The van der Waals surface area contributed by atoms with Crippen molar-refractivity contribution in [3.8, 4) is 11.1 Å². The van der Waals surface area contributed by atoms with Gasteiger partial charge in [0.15, 0.2) is 11.6 Å². The molecule has 2 nitrogen and oxygen atoms in total. The van der Waals surface area contributed by atoms with Gasteiger partial charge >= 0.3 is 0 Å². The highest BCUT2D eigenvalue weighted by Crippen LogP contribution is 2.34. The topological polar surface area (TPSA) is 18.5 Å². The molecule has 0 aromatic heterocycles. The molecule has 1 aliphatic heterocycles. The highest BCUT2D eigenvalue weighted by molar-refractivity contribution is 5.66. The highest BCUT2D eigenvalue weighted by Gasteiger charge is 2.24. The molecule has 0 spiro atoms. The van der Waals surface area contributed by atoms with Crippen LogP contribution in [0.15, 0.2) is 30.3 Å². The zero-order chi connectivity index (χ0) is 20.8. The smallest absolute Gasteiger partial charge is 0.167 e. The first-order valence-electron chi connectivity index (χ1n) is 10.5. The third-order valence-corrected chi connectivity index (χ3v) is 5.50. The van der Waals surface area contributed by atoms with Crippen molar-refractivity contribution in [2.24, 2.45) is 0 Å². The Bertz CT molecular complexity index is 814. The summed E-state index contributed by atoms with van der Waals surface area (Å²) in [4.78, 5) is 0. The largest absolute Gasteiger partial charge is 0.376 e. The van der Waals surface area contributed by atoms with Crippen LogP contribution in [0.25, 0.3) is 11.1 Å². The van der Waals surface area contributed by atoms with Crippen molar-refractivity contribution in [1.29, 1.82) is 0 Å². The fourth-order valence-electron chi connectivity index (χ4n) is 3.86. The second-order valence-corrected chi connectivity index (χ2v) is 7.57. The average Bonchev–Trinajstić information content (AvgIpc) is 2.73. The van der Waals surface area contributed by atoms with E-state index in [1.165, 1.54) is 18.2 Å². The zero-order valence-corrected chi connectivity index (χ0v) is 17.1. The van der Waals surface area contributed by atoms with Gasteiger partial charge < -0.3 is 9.47 Å². The Morgan fingerprint density at radius 2 is 1.76 bits per heavy atom. The average molecular weight is 406 g/mol. The number of ether oxygens (including phenoxy) is 2. The molecule has 2 atom stereocenters. The highest BCUT2D eigenvalue weighted by atomic mass is 19.2. The van der Waals surface area contributed by atoms with Gasteiger partial charge in [-0.3, -0.25) is 0 Å². The summed E-state index contributed by atoms with van der Waals surface area (Å²) in [6, 6.07) is 7.65. The van der Waals surface area contributed by atoms with Gasteiger partial charge in [-0.05, 0) is 49.8 Å². The van der Waals surface area contributed by atoms with E-state index in [0.717, 1.165) is 32.1 Å². The molecule has 1 fully saturated rings. The Balaban J connectivity index is 1.76. The Kier molecular flexibility index (Phi) is 7.73. The zero-order valence-electron chi connectivity index (χ0n) is 17.1. The van der Waals surface area contributed by atoms with Crippen LogP contribution in [-0.2, 0) is 15.9 Å². The van der Waals surface area contributed by atoms with Crippen LogP contribution in [-0.4, -0.2) is 19.3 Å². The monoisotopic (exact) mass is 406 g/mol. The Morgan fingerprint density at radius 3 is 2.41 bits per heavy atom. The van der Waals surface area contributed by atoms with Gasteiger partial charge in [0.25, 0.3) is 0 Å². The molecular formula is C24H29F3O2. The molecule has 2 aromatic rings. The van der Waals surface area contributed by atoms with E-state index in [9.17, 15) is 13.2 Å². The van der Waals surface area contributed by atoms with Crippen LogP contribution in [0, 0.1) is 17.5 Å². The maximum Gasteiger partial charge on any atom is 0.167 e. The summed E-state index contributed by atoms with van der Waals surface area (Å²) in [6.45, 7) is 5.12. The molecule has 0 aliphatic carbocycles. The van der Waals surface area contributed by atoms with Crippen molar-refractivity contribution in [3.05, 3.63) is 58.9 Å². The van der Waals surface area contributed by atoms with E-state index in [4.69, 9.17) is 9.47 Å². The van der Waals surface area contributed by atoms with Crippen LogP contribution < -0.4 is 0 Å². The molecular weight excluding hydrogens is 377 g/mol. The van der Waals surface area contributed by atoms with E-state index in [0.29, 0.717) is 30.8 Å². The van der Waals surface area contributed by atoms with Crippen LogP contribution in [0.2, 0.25) is 0 Å². The van der Waals surface area contributed by atoms with Gasteiger partial charge in [-0.15, -0.1) is 0 Å². The van der Waals surface area contributed by atoms with Crippen molar-refractivity contribution in [1.82, 2.24) is 0 Å². The fraction of sp³-hybridized carbons (Fsp3) is 0.500. The van der Waals surface area contributed by atoms with Gasteiger partial charge in [-0.2, -0.15) is 0 Å². The standard InChI is InChI=1S/C24H29F3O2/c1-3-5-6-7-16-8-12-20(24(27)23(16)26)19-11-9-17(14-21(19)25)22-13-10-18(15-29-22)28-4-2/h8-9,11-12,14,18,22H,3-7,10,13,15H2,1-2H3. The van der Waals surface area contributed by atoms with Gasteiger partial charge in [0.05, 0.1) is 18.8 Å². The Morgan fingerprint density at radius 1 is 0.966 bits per heavy atom. The minimum atomic E-state index is -0.987. The maximum atomic E-state index is 14.8. The molecule has 0 radical (unpaired) electrons. The quantitative estimate of drug-likeness (QED) is 0.451. The lowest BCUT2D eigenvalue weighted by molar-refractivity contribution is -0.0840. The summed E-state index contributed by atoms with van der Waals surface area (Å²) in [6.07, 6.45) is 4.72. The molecule has 0 N–H and O–H groups in total. The van der Waals surface area contributed by atoms with Crippen LogP contribution in [0.5, 0.6) is 0 Å². The maximum absolute atomic E-state index is 14.8. The molecule has 2 unspecified atom stereocenters. The Hall–Kier alpha value is -1.85. The van der Waals surface area contributed by atoms with Gasteiger partial charge in [-0.1, -0.05) is 44.0 Å². The number of aryl methyl sites for hydroxylation is 1. The van der Waals surface area contributed by atoms with Crippen molar-refractivity contribution >= 4 is 0 Å². The predicted molar refractivity (Wildman–Crippen MR) is 108 cm³/mol. The first kappa shape index (κ1) is 21.8. The molecule has 0 saturated carbocycles. The third kappa shape index (κ3) is 5.20. The number of hydrogen-bond acceptors (Lipinski definition) is 2. The van der Waals surface area contributed by atoms with E-state index < -0.39 is 17.5 Å². The lowest BCUT2D eigenvalue weighted by Crippen LogP contribution is -2.27. The van der Waals surface area contributed by atoms with E-state index >= 15 is 0 Å². The van der Waals surface area contributed by atoms with Crippen molar-refractivity contribution in [2.45, 2.75) is 64.6 Å². The van der Waals surface area contributed by atoms with Gasteiger partial charge in [0.1, 0.15) is 5.82 Å². The second-order valence-electron chi connectivity index (χ2n) is 7.57. The van der Waals surface area contributed by atoms with Crippen LogP contribution >= 0.6 is 0 Å². The van der Waals surface area contributed by atoms with Crippen molar-refractivity contribution < 1.29 is 22.6 Å². The van der Waals surface area contributed by atoms with E-state index in [2.05, 4.69) is 6.92 Å². The summed E-state index contributed by atoms with van der Waals surface area (Å²) < 4.78 is 55.2. The lowest BCUT2D eigenvalue weighted by atomic mass is 9.95. The fourth-order valence-corrected chi connectivity index (χ4v) is 3.86. The van der Waals surface area contributed by atoms with Crippen molar-refractivity contribution in [2.75, 3.05) is 13.2 Å². The summed E-state index contributed by atoms with van der Waals surface area (Å²) >= 11 is 0. The number of unbranched alkanes of at least 4 members (excludes halogenated alkanes) is 2. The molecule has 1 aliphatic rings. The van der Waals surface area contributed by atoms with Gasteiger partial charge in [0, 0.05) is 17.7 Å². The molecule has 5 heteroatoms. The minimum Gasteiger partial charge on any atom is -0.376 e. The third-order valence-electron chi connectivity index (χ3n) is 5.50. The number of halogens is 3. The van der Waals surface area contributed by atoms with Crippen LogP contribution in [0.1, 0.15) is 63.2 Å². The summed E-state index contributed by atoms with van der Waals surface area (Å²) in [5.41, 5.74) is 1.06. The molecule has 3 rings (SSSR count). The van der Waals surface area contributed by atoms with E-state index in [1.54, 1.807) is 12.1 Å². The SMILES string of the molecule is CCCCCc1ccc(-c2ccc(C3CCC(OCC)CO3)cc2F)c(F)c1F. The van der Waals surface area contributed by atoms with Crippen LogP contribution in [0.4, 0.5) is 13.2 Å². The number of hydrogen-bond donors (Lipinski definition) is 0. The first-order valence-corrected chi connectivity index (χ1v) is 10.5. The number of rotatable bonds is 8. The molecule has 1 heterocycles. The first-order chi connectivity index (χ1) is 14.0. The summed E-state index contributed by atoms with van der Waals surface area (Å²) in [7, 11) is 0. The summed E-state index contributed by atoms with van der Waals surface area (Å²) in [5.74, 6) is -2.44. The lowest BCUT2D eigenvalue weighted by Gasteiger charge is -2.29. The predicted octanol–water partition coefficient (Wildman–Crippen LogP) is 6.76. The van der Waals surface area contributed by atoms with Crippen molar-refractivity contribution in [3.63, 3.8) is 0 Å². The van der Waals surface area contributed by atoms with Crippen LogP contribution in [0.3, 0.4) is 0 Å². The molecule has 158 valence electrons. The van der Waals surface area contributed by atoms with Gasteiger partial charge in [-0.25, -0.2) is 13.2 Å². The molecule has 2 aromatic carbocycles.